The Kier molecular flexibility index (Phi) is 4.95. The Labute approximate surface area is 166 Å². The predicted octanol–water partition coefficient (Wildman–Crippen LogP) is 3.41. The van der Waals surface area contributed by atoms with Gasteiger partial charge in [0.2, 0.25) is 0 Å². The molecule has 0 bridgehead atoms. The number of ether oxygens (including phenoxy) is 1. The quantitative estimate of drug-likeness (QED) is 0.384. The zero-order valence-electron chi connectivity index (χ0n) is 16.1. The molecule has 0 N–H and O–H groups in total. The SMILES string of the molecule is Cc1ccc2c(COC(=O)c3ccc(Cn4cncn4)cc3)cc(=O)oc2c1C. The van der Waals surface area contributed by atoms with Gasteiger partial charge in [-0.05, 0) is 42.7 Å². The van der Waals surface area contributed by atoms with Crippen LogP contribution in [0.4, 0.5) is 0 Å². The van der Waals surface area contributed by atoms with E-state index in [1.807, 2.05) is 38.1 Å². The molecule has 29 heavy (non-hydrogen) atoms. The number of carbonyl (C=O) groups is 1. The number of rotatable bonds is 5. The minimum atomic E-state index is -0.463. The minimum Gasteiger partial charge on any atom is -0.457 e. The van der Waals surface area contributed by atoms with E-state index < -0.39 is 11.6 Å². The van der Waals surface area contributed by atoms with Crippen LogP contribution in [0.15, 0.2) is 64.3 Å². The molecular formula is C22H19N3O4. The molecule has 7 heteroatoms. The van der Waals surface area contributed by atoms with Crippen molar-refractivity contribution in [3.63, 3.8) is 0 Å². The van der Waals surface area contributed by atoms with Crippen LogP contribution in [-0.4, -0.2) is 20.7 Å². The van der Waals surface area contributed by atoms with Crippen LogP contribution in [0.2, 0.25) is 0 Å². The molecule has 0 amide bonds. The molecule has 0 aliphatic rings. The van der Waals surface area contributed by atoms with Crippen LogP contribution < -0.4 is 5.63 Å². The maximum absolute atomic E-state index is 12.4. The summed E-state index contributed by atoms with van der Waals surface area (Å²) in [5.41, 5.74) is 4.04. The average molecular weight is 389 g/mol. The maximum Gasteiger partial charge on any atom is 0.338 e. The van der Waals surface area contributed by atoms with Gasteiger partial charge < -0.3 is 9.15 Å². The fourth-order valence-electron chi connectivity index (χ4n) is 3.12. The Bertz CT molecular complexity index is 1230. The van der Waals surface area contributed by atoms with E-state index in [0.717, 1.165) is 22.1 Å². The zero-order valence-corrected chi connectivity index (χ0v) is 16.1. The van der Waals surface area contributed by atoms with Crippen molar-refractivity contribution in [1.82, 2.24) is 14.8 Å². The molecule has 0 saturated carbocycles. The number of nitrogens with zero attached hydrogens (tertiary/aromatic N) is 3. The maximum atomic E-state index is 12.4. The second-order valence-electron chi connectivity index (χ2n) is 6.84. The van der Waals surface area contributed by atoms with Crippen LogP contribution in [0.3, 0.4) is 0 Å². The second-order valence-corrected chi connectivity index (χ2v) is 6.84. The van der Waals surface area contributed by atoms with Gasteiger partial charge >= 0.3 is 11.6 Å². The summed E-state index contributed by atoms with van der Waals surface area (Å²) >= 11 is 0. The highest BCUT2D eigenvalue weighted by molar-refractivity contribution is 5.90. The van der Waals surface area contributed by atoms with Crippen molar-refractivity contribution in [2.45, 2.75) is 27.0 Å². The molecule has 0 aliphatic heterocycles. The number of hydrogen-bond donors (Lipinski definition) is 0. The van der Waals surface area contributed by atoms with E-state index in [2.05, 4.69) is 10.1 Å². The average Bonchev–Trinajstić information content (AvgIpc) is 3.22. The number of benzene rings is 2. The van der Waals surface area contributed by atoms with Gasteiger partial charge in [0.05, 0.1) is 12.1 Å². The predicted molar refractivity (Wildman–Crippen MR) is 107 cm³/mol. The topological polar surface area (TPSA) is 87.2 Å². The third-order valence-corrected chi connectivity index (χ3v) is 4.88. The summed E-state index contributed by atoms with van der Waals surface area (Å²) in [7, 11) is 0. The normalized spacial score (nSPS) is 11.0. The van der Waals surface area contributed by atoms with Crippen LogP contribution in [0, 0.1) is 13.8 Å². The molecular weight excluding hydrogens is 370 g/mol. The van der Waals surface area contributed by atoms with Crippen LogP contribution >= 0.6 is 0 Å². The molecule has 0 saturated heterocycles. The van der Waals surface area contributed by atoms with Gasteiger partial charge in [0, 0.05) is 17.0 Å². The Balaban J connectivity index is 1.50. The van der Waals surface area contributed by atoms with Crippen molar-refractivity contribution < 1.29 is 13.9 Å². The Morgan fingerprint density at radius 1 is 1.14 bits per heavy atom. The van der Waals surface area contributed by atoms with Gasteiger partial charge in [0.1, 0.15) is 24.8 Å². The lowest BCUT2D eigenvalue weighted by Gasteiger charge is -2.10. The number of aromatic nitrogens is 3. The van der Waals surface area contributed by atoms with Crippen molar-refractivity contribution in [3.05, 3.63) is 93.4 Å². The van der Waals surface area contributed by atoms with Crippen molar-refractivity contribution in [2.75, 3.05) is 0 Å². The van der Waals surface area contributed by atoms with Gasteiger partial charge in [-0.3, -0.25) is 0 Å². The first kappa shape index (κ1) is 18.6. The molecule has 4 rings (SSSR count). The lowest BCUT2D eigenvalue weighted by molar-refractivity contribution is 0.0474. The molecule has 2 aromatic carbocycles. The lowest BCUT2D eigenvalue weighted by Crippen LogP contribution is -2.09. The molecule has 2 heterocycles. The molecule has 0 aliphatic carbocycles. The highest BCUT2D eigenvalue weighted by Gasteiger charge is 2.13. The molecule has 2 aromatic heterocycles. The number of carbonyl (C=O) groups excluding carboxylic acids is 1. The Morgan fingerprint density at radius 3 is 2.66 bits per heavy atom. The molecule has 146 valence electrons. The number of esters is 1. The van der Waals surface area contributed by atoms with Gasteiger partial charge in [0.25, 0.3) is 0 Å². The molecule has 0 radical (unpaired) electrons. The van der Waals surface area contributed by atoms with Gasteiger partial charge in [-0.15, -0.1) is 0 Å². The van der Waals surface area contributed by atoms with Crippen molar-refractivity contribution in [2.24, 2.45) is 0 Å². The molecule has 0 fully saturated rings. The fourth-order valence-corrected chi connectivity index (χ4v) is 3.12. The molecule has 0 atom stereocenters. The summed E-state index contributed by atoms with van der Waals surface area (Å²) in [4.78, 5) is 28.3. The van der Waals surface area contributed by atoms with Crippen LogP contribution in [0.5, 0.6) is 0 Å². The Hall–Kier alpha value is -3.74. The molecule has 4 aromatic rings. The number of aryl methyl sites for hydroxylation is 2. The lowest BCUT2D eigenvalue weighted by atomic mass is 10.0. The summed E-state index contributed by atoms with van der Waals surface area (Å²) < 4.78 is 12.5. The summed E-state index contributed by atoms with van der Waals surface area (Å²) in [5, 5.41) is 4.82. The van der Waals surface area contributed by atoms with Crippen LogP contribution in [0.1, 0.15) is 32.6 Å². The van der Waals surface area contributed by atoms with Gasteiger partial charge in [-0.2, -0.15) is 5.10 Å². The van der Waals surface area contributed by atoms with E-state index in [0.29, 0.717) is 23.3 Å². The van der Waals surface area contributed by atoms with Gasteiger partial charge in [0.15, 0.2) is 0 Å². The highest BCUT2D eigenvalue weighted by atomic mass is 16.5. The van der Waals surface area contributed by atoms with Gasteiger partial charge in [-0.25, -0.2) is 19.3 Å². The van der Waals surface area contributed by atoms with Crippen molar-refractivity contribution >= 4 is 16.9 Å². The van der Waals surface area contributed by atoms with E-state index >= 15 is 0 Å². The first-order valence-electron chi connectivity index (χ1n) is 9.12. The van der Waals surface area contributed by atoms with E-state index in [1.165, 1.54) is 12.4 Å². The standard InChI is InChI=1S/C22H19N3O4/c1-14-3-8-19-18(9-20(26)29-21(19)15(14)2)11-28-22(27)17-6-4-16(5-7-17)10-25-13-23-12-24-25/h3-9,12-13H,10-11H2,1-2H3. The number of hydrogen-bond acceptors (Lipinski definition) is 6. The fraction of sp³-hybridized carbons (Fsp3) is 0.182. The monoisotopic (exact) mass is 389 g/mol. The molecule has 0 spiro atoms. The van der Waals surface area contributed by atoms with Crippen molar-refractivity contribution in [1.29, 1.82) is 0 Å². The molecule has 0 unspecified atom stereocenters. The summed E-state index contributed by atoms with van der Waals surface area (Å²) in [6.07, 6.45) is 3.11. The van der Waals surface area contributed by atoms with Gasteiger partial charge in [-0.1, -0.05) is 24.3 Å². The minimum absolute atomic E-state index is 0.00978. The smallest absolute Gasteiger partial charge is 0.338 e. The summed E-state index contributed by atoms with van der Waals surface area (Å²) in [6, 6.07) is 12.3. The largest absolute Gasteiger partial charge is 0.457 e. The first-order chi connectivity index (χ1) is 14.0. The zero-order chi connectivity index (χ0) is 20.4. The highest BCUT2D eigenvalue weighted by Crippen LogP contribution is 2.24. The van der Waals surface area contributed by atoms with Crippen molar-refractivity contribution in [3.8, 4) is 0 Å². The Morgan fingerprint density at radius 2 is 1.93 bits per heavy atom. The number of fused-ring (bicyclic) bond motifs is 1. The van der Waals surface area contributed by atoms with Crippen LogP contribution in [0.25, 0.3) is 11.0 Å². The van der Waals surface area contributed by atoms with E-state index in [1.54, 1.807) is 23.1 Å². The second kappa shape index (κ2) is 7.71. The van der Waals surface area contributed by atoms with Crippen LogP contribution in [-0.2, 0) is 17.9 Å². The third kappa shape index (κ3) is 3.94. The summed E-state index contributed by atoms with van der Waals surface area (Å²) in [5.74, 6) is -0.456. The van der Waals surface area contributed by atoms with E-state index in [4.69, 9.17) is 9.15 Å². The third-order valence-electron chi connectivity index (χ3n) is 4.88. The van der Waals surface area contributed by atoms with E-state index in [-0.39, 0.29) is 6.61 Å². The van der Waals surface area contributed by atoms with E-state index in [9.17, 15) is 9.59 Å². The molecule has 7 nitrogen and oxygen atoms in total. The summed E-state index contributed by atoms with van der Waals surface area (Å²) in [6.45, 7) is 4.41. The first-order valence-corrected chi connectivity index (χ1v) is 9.12.